The molecule has 0 bridgehead atoms. The van der Waals surface area contributed by atoms with Gasteiger partial charge in [-0.15, -0.1) is 0 Å². The van der Waals surface area contributed by atoms with Gasteiger partial charge in [0.2, 0.25) is 0 Å². The van der Waals surface area contributed by atoms with Gasteiger partial charge in [-0.25, -0.2) is 0 Å². The highest BCUT2D eigenvalue weighted by atomic mass is 79.9. The van der Waals surface area contributed by atoms with Crippen LogP contribution in [-0.2, 0) is 4.79 Å². The maximum absolute atomic E-state index is 10.9. The molecule has 50 valence electrons. The predicted molar refractivity (Wildman–Crippen MR) is 40.5 cm³/mol. The second-order valence-corrected chi connectivity index (χ2v) is 3.16. The average Bonchev–Trinajstić information content (AvgIpc) is 1.83. The molecule has 1 nitrogen and oxygen atoms in total. The summed E-state index contributed by atoms with van der Waals surface area (Å²) in [6.07, 6.45) is 2.82. The van der Waals surface area contributed by atoms with Gasteiger partial charge in [-0.3, -0.25) is 4.79 Å². The fraction of sp³-hybridized carbons (Fsp3) is 0.571. The molecule has 1 rings (SSSR count). The maximum atomic E-state index is 10.9. The van der Waals surface area contributed by atoms with Gasteiger partial charge in [-0.2, -0.15) is 0 Å². The normalized spacial score (nSPS) is 20.9. The van der Waals surface area contributed by atoms with Crippen LogP contribution in [0.4, 0.5) is 0 Å². The number of hydrogen-bond donors (Lipinski definition) is 0. The Morgan fingerprint density at radius 1 is 1.44 bits per heavy atom. The smallest absolute Gasteiger partial charge is 0.169 e. The Morgan fingerprint density at radius 2 is 2.11 bits per heavy atom. The monoisotopic (exact) mass is 188 g/mol. The number of carbonyl (C=O) groups is 1. The summed E-state index contributed by atoms with van der Waals surface area (Å²) in [6, 6.07) is 0. The second-order valence-electron chi connectivity index (χ2n) is 2.37. The van der Waals surface area contributed by atoms with E-state index in [9.17, 15) is 4.79 Å². The van der Waals surface area contributed by atoms with Crippen LogP contribution in [0.25, 0.3) is 0 Å². The molecule has 1 aliphatic rings. The summed E-state index contributed by atoms with van der Waals surface area (Å²) in [6.45, 7) is 2.00. The van der Waals surface area contributed by atoms with Gasteiger partial charge in [-0.05, 0) is 35.7 Å². The average molecular weight is 189 g/mol. The number of halogens is 1. The first-order chi connectivity index (χ1) is 4.22. The van der Waals surface area contributed by atoms with Crippen LogP contribution in [0.5, 0.6) is 0 Å². The molecule has 0 atom stereocenters. The highest BCUT2D eigenvalue weighted by Gasteiger charge is 2.14. The van der Waals surface area contributed by atoms with E-state index in [-0.39, 0.29) is 5.78 Å². The minimum atomic E-state index is 0.263. The van der Waals surface area contributed by atoms with Crippen LogP contribution in [0, 0.1) is 0 Å². The summed E-state index contributed by atoms with van der Waals surface area (Å²) < 4.78 is 0.814. The zero-order chi connectivity index (χ0) is 6.85. The molecule has 0 radical (unpaired) electrons. The summed E-state index contributed by atoms with van der Waals surface area (Å²) in [7, 11) is 0. The lowest BCUT2D eigenvalue weighted by molar-refractivity contribution is -0.115. The van der Waals surface area contributed by atoms with Gasteiger partial charge < -0.3 is 0 Å². The first-order valence-electron chi connectivity index (χ1n) is 3.10. The van der Waals surface area contributed by atoms with Crippen LogP contribution >= 0.6 is 15.9 Å². The van der Waals surface area contributed by atoms with Crippen LogP contribution in [0.3, 0.4) is 0 Å². The van der Waals surface area contributed by atoms with E-state index in [1.54, 1.807) is 0 Å². The Morgan fingerprint density at radius 3 is 2.56 bits per heavy atom. The van der Waals surface area contributed by atoms with Crippen molar-refractivity contribution in [2.75, 3.05) is 0 Å². The van der Waals surface area contributed by atoms with Crippen molar-refractivity contribution in [1.82, 2.24) is 0 Å². The molecule has 0 aromatic carbocycles. The third-order valence-corrected chi connectivity index (χ3v) is 2.69. The van der Waals surface area contributed by atoms with E-state index in [0.717, 1.165) is 23.7 Å². The molecule has 0 saturated heterocycles. The molecule has 2 heteroatoms. The van der Waals surface area contributed by atoms with Crippen molar-refractivity contribution >= 4 is 21.7 Å². The van der Waals surface area contributed by atoms with Crippen molar-refractivity contribution in [2.24, 2.45) is 0 Å². The van der Waals surface area contributed by atoms with Gasteiger partial charge in [0.1, 0.15) is 0 Å². The molecule has 0 amide bonds. The van der Waals surface area contributed by atoms with E-state index >= 15 is 0 Å². The Balaban J connectivity index is 2.84. The summed E-state index contributed by atoms with van der Waals surface area (Å²) in [5.41, 5.74) is 1.20. The quantitative estimate of drug-likeness (QED) is 0.571. The highest BCUT2D eigenvalue weighted by molar-refractivity contribution is 9.12. The fourth-order valence-electron chi connectivity index (χ4n) is 0.972. The standard InChI is InChI=1S/C7H9BrO/c1-5-3-2-4-6(9)7(5)8/h2-4H2,1H3. The van der Waals surface area contributed by atoms with E-state index in [0.29, 0.717) is 0 Å². The van der Waals surface area contributed by atoms with Gasteiger partial charge in [0, 0.05) is 6.42 Å². The van der Waals surface area contributed by atoms with Gasteiger partial charge in [0.25, 0.3) is 0 Å². The second kappa shape index (κ2) is 2.65. The lowest BCUT2D eigenvalue weighted by atomic mass is 10.0. The molecule has 0 saturated carbocycles. The minimum Gasteiger partial charge on any atom is -0.294 e. The van der Waals surface area contributed by atoms with Crippen LogP contribution < -0.4 is 0 Å². The number of hydrogen-bond acceptors (Lipinski definition) is 1. The SMILES string of the molecule is CC1=C(Br)C(=O)CCC1. The number of rotatable bonds is 0. The number of ketones is 1. The molecule has 0 N–H and O–H groups in total. The topological polar surface area (TPSA) is 17.1 Å². The van der Waals surface area contributed by atoms with Gasteiger partial charge in [-0.1, -0.05) is 5.57 Å². The molecule has 0 aromatic heterocycles. The van der Waals surface area contributed by atoms with Gasteiger partial charge in [0.15, 0.2) is 5.78 Å². The zero-order valence-electron chi connectivity index (χ0n) is 5.41. The van der Waals surface area contributed by atoms with E-state index in [1.807, 2.05) is 6.92 Å². The third kappa shape index (κ3) is 1.42. The molecular weight excluding hydrogens is 180 g/mol. The Hall–Kier alpha value is -0.110. The summed E-state index contributed by atoms with van der Waals surface area (Å²) >= 11 is 3.25. The van der Waals surface area contributed by atoms with Crippen molar-refractivity contribution in [3.8, 4) is 0 Å². The lowest BCUT2D eigenvalue weighted by Crippen LogP contribution is -2.05. The van der Waals surface area contributed by atoms with Crippen LogP contribution in [-0.4, -0.2) is 5.78 Å². The molecule has 9 heavy (non-hydrogen) atoms. The van der Waals surface area contributed by atoms with Crippen LogP contribution in [0.2, 0.25) is 0 Å². The van der Waals surface area contributed by atoms with Crippen molar-refractivity contribution in [1.29, 1.82) is 0 Å². The minimum absolute atomic E-state index is 0.263. The van der Waals surface area contributed by atoms with E-state index < -0.39 is 0 Å². The maximum Gasteiger partial charge on any atom is 0.169 e. The Labute approximate surface area is 63.3 Å². The lowest BCUT2D eigenvalue weighted by Gasteiger charge is -2.10. The fourth-order valence-corrected chi connectivity index (χ4v) is 1.37. The van der Waals surface area contributed by atoms with Crippen molar-refractivity contribution in [2.45, 2.75) is 26.2 Å². The number of allylic oxidation sites excluding steroid dienone is 2. The summed E-state index contributed by atoms with van der Waals surface area (Å²) in [5.74, 6) is 0.263. The highest BCUT2D eigenvalue weighted by Crippen LogP contribution is 2.25. The van der Waals surface area contributed by atoms with E-state index in [1.165, 1.54) is 5.57 Å². The first kappa shape index (κ1) is 7.00. The molecule has 0 aromatic rings. The molecule has 0 fully saturated rings. The molecule has 0 spiro atoms. The first-order valence-corrected chi connectivity index (χ1v) is 3.89. The molecule has 1 aliphatic carbocycles. The third-order valence-electron chi connectivity index (χ3n) is 1.58. The van der Waals surface area contributed by atoms with Crippen molar-refractivity contribution < 1.29 is 4.79 Å². The molecular formula is C7H9BrO. The van der Waals surface area contributed by atoms with Gasteiger partial charge >= 0.3 is 0 Å². The van der Waals surface area contributed by atoms with Gasteiger partial charge in [0.05, 0.1) is 4.48 Å². The van der Waals surface area contributed by atoms with Crippen molar-refractivity contribution in [3.05, 3.63) is 10.1 Å². The van der Waals surface area contributed by atoms with E-state index in [4.69, 9.17) is 0 Å². The number of Topliss-reactive ketones (excluding diaryl/α,β-unsaturated/α-hetero) is 1. The largest absolute Gasteiger partial charge is 0.294 e. The molecule has 0 aliphatic heterocycles. The van der Waals surface area contributed by atoms with Crippen molar-refractivity contribution in [3.63, 3.8) is 0 Å². The Bertz CT molecular complexity index is 170. The molecule has 0 unspecified atom stereocenters. The zero-order valence-corrected chi connectivity index (χ0v) is 6.99. The summed E-state index contributed by atoms with van der Waals surface area (Å²) in [5, 5.41) is 0. The Kier molecular flexibility index (Phi) is 2.06. The van der Waals surface area contributed by atoms with Crippen LogP contribution in [0.15, 0.2) is 10.1 Å². The molecule has 0 heterocycles. The number of carbonyl (C=O) groups excluding carboxylic acids is 1. The predicted octanol–water partition coefficient (Wildman–Crippen LogP) is 2.41. The van der Waals surface area contributed by atoms with Crippen LogP contribution in [0.1, 0.15) is 26.2 Å². The summed E-state index contributed by atoms with van der Waals surface area (Å²) in [4.78, 5) is 10.9. The van der Waals surface area contributed by atoms with E-state index in [2.05, 4.69) is 15.9 Å².